The summed E-state index contributed by atoms with van der Waals surface area (Å²) in [5.41, 5.74) is 0. The second-order valence-electron chi connectivity index (χ2n) is 5.77. The fraction of sp³-hybridized carbons (Fsp3) is 0.714. The van der Waals surface area contributed by atoms with Crippen molar-refractivity contribution in [3.63, 3.8) is 0 Å². The van der Waals surface area contributed by atoms with E-state index < -0.39 is 0 Å². The molecule has 0 aromatic carbocycles. The van der Waals surface area contributed by atoms with E-state index in [4.69, 9.17) is 4.52 Å². The van der Waals surface area contributed by atoms with Crippen LogP contribution in [0.1, 0.15) is 51.7 Å². The molecule has 1 aromatic rings. The summed E-state index contributed by atoms with van der Waals surface area (Å²) >= 11 is 0. The SMILES string of the molecule is CC(C)c1cc(NC(=O)NCC2CCCC2C)no1. The maximum Gasteiger partial charge on any atom is 0.320 e. The number of nitrogens with zero attached hydrogens (tertiary/aromatic N) is 1. The van der Waals surface area contributed by atoms with E-state index in [0.717, 1.165) is 12.3 Å². The first kappa shape index (κ1) is 13.9. The minimum absolute atomic E-state index is 0.206. The topological polar surface area (TPSA) is 67.2 Å². The zero-order chi connectivity index (χ0) is 13.8. The van der Waals surface area contributed by atoms with Crippen LogP contribution in [0.5, 0.6) is 0 Å². The number of anilines is 1. The molecule has 1 fully saturated rings. The van der Waals surface area contributed by atoms with Crippen LogP contribution in [0.25, 0.3) is 0 Å². The predicted octanol–water partition coefficient (Wildman–Crippen LogP) is 3.36. The van der Waals surface area contributed by atoms with Crippen LogP contribution in [0, 0.1) is 11.8 Å². The number of amides is 2. The van der Waals surface area contributed by atoms with Crippen molar-refractivity contribution >= 4 is 11.8 Å². The van der Waals surface area contributed by atoms with Crippen LogP contribution in [0.3, 0.4) is 0 Å². The Balaban J connectivity index is 1.77. The average molecular weight is 265 g/mol. The molecule has 2 atom stereocenters. The Morgan fingerprint density at radius 1 is 1.53 bits per heavy atom. The highest BCUT2D eigenvalue weighted by Crippen LogP contribution is 2.30. The van der Waals surface area contributed by atoms with Gasteiger partial charge in [-0.15, -0.1) is 0 Å². The smallest absolute Gasteiger partial charge is 0.320 e. The van der Waals surface area contributed by atoms with Gasteiger partial charge in [-0.1, -0.05) is 38.8 Å². The number of nitrogens with one attached hydrogen (secondary N) is 2. The van der Waals surface area contributed by atoms with Crippen molar-refractivity contribution in [2.24, 2.45) is 11.8 Å². The average Bonchev–Trinajstić information content (AvgIpc) is 2.96. The molecule has 0 radical (unpaired) electrons. The van der Waals surface area contributed by atoms with Gasteiger partial charge in [0.25, 0.3) is 0 Å². The molecule has 19 heavy (non-hydrogen) atoms. The standard InChI is InChI=1S/C14H23N3O2/c1-9(2)12-7-13(17-19-12)16-14(18)15-8-11-6-4-5-10(11)3/h7,9-11H,4-6,8H2,1-3H3,(H2,15,16,17,18). The summed E-state index contributed by atoms with van der Waals surface area (Å²) in [6, 6.07) is 1.56. The third-order valence-electron chi connectivity index (χ3n) is 3.90. The van der Waals surface area contributed by atoms with Gasteiger partial charge in [-0.05, 0) is 18.3 Å². The first-order valence-electron chi connectivity index (χ1n) is 7.07. The maximum absolute atomic E-state index is 11.8. The van der Waals surface area contributed by atoms with E-state index in [1.807, 2.05) is 13.8 Å². The minimum Gasteiger partial charge on any atom is -0.359 e. The molecule has 106 valence electrons. The van der Waals surface area contributed by atoms with E-state index in [1.54, 1.807) is 6.07 Å². The number of carbonyl (C=O) groups is 1. The number of urea groups is 1. The van der Waals surface area contributed by atoms with Gasteiger partial charge < -0.3 is 9.84 Å². The first-order valence-corrected chi connectivity index (χ1v) is 7.07. The Bertz CT molecular complexity index is 428. The summed E-state index contributed by atoms with van der Waals surface area (Å²) in [5.74, 6) is 2.83. The second kappa shape index (κ2) is 6.08. The highest BCUT2D eigenvalue weighted by atomic mass is 16.5. The predicted molar refractivity (Wildman–Crippen MR) is 74.1 cm³/mol. The zero-order valence-corrected chi connectivity index (χ0v) is 11.9. The van der Waals surface area contributed by atoms with Crippen LogP contribution in [0.15, 0.2) is 10.6 Å². The molecule has 2 amide bonds. The molecule has 2 unspecified atom stereocenters. The summed E-state index contributed by atoms with van der Waals surface area (Å²) in [5, 5.41) is 9.44. The lowest BCUT2D eigenvalue weighted by atomic mass is 9.98. The third-order valence-corrected chi connectivity index (χ3v) is 3.90. The van der Waals surface area contributed by atoms with Crippen LogP contribution >= 0.6 is 0 Å². The fourth-order valence-electron chi connectivity index (χ4n) is 2.53. The van der Waals surface area contributed by atoms with Crippen molar-refractivity contribution in [1.29, 1.82) is 0 Å². The number of aromatic nitrogens is 1. The molecule has 1 aliphatic rings. The Kier molecular flexibility index (Phi) is 4.45. The third kappa shape index (κ3) is 3.72. The summed E-state index contributed by atoms with van der Waals surface area (Å²) in [7, 11) is 0. The molecule has 2 rings (SSSR count). The molecule has 0 aliphatic heterocycles. The molecule has 5 nitrogen and oxygen atoms in total. The quantitative estimate of drug-likeness (QED) is 0.877. The van der Waals surface area contributed by atoms with Gasteiger partial charge in [-0.25, -0.2) is 4.79 Å². The van der Waals surface area contributed by atoms with Crippen LogP contribution in [-0.4, -0.2) is 17.7 Å². The Labute approximate surface area is 114 Å². The van der Waals surface area contributed by atoms with Gasteiger partial charge in [0.2, 0.25) is 0 Å². The molecule has 5 heteroatoms. The monoisotopic (exact) mass is 265 g/mol. The highest BCUT2D eigenvalue weighted by molar-refractivity contribution is 5.88. The van der Waals surface area contributed by atoms with Crippen LogP contribution in [0.4, 0.5) is 10.6 Å². The van der Waals surface area contributed by atoms with Gasteiger partial charge in [0, 0.05) is 18.5 Å². The van der Waals surface area contributed by atoms with Crippen LogP contribution in [0.2, 0.25) is 0 Å². The Morgan fingerprint density at radius 2 is 2.32 bits per heavy atom. The molecule has 1 aliphatic carbocycles. The van der Waals surface area contributed by atoms with Crippen LogP contribution < -0.4 is 10.6 Å². The Hall–Kier alpha value is -1.52. The molecule has 1 aromatic heterocycles. The molecule has 0 saturated heterocycles. The number of carbonyl (C=O) groups excluding carboxylic acids is 1. The van der Waals surface area contributed by atoms with Crippen molar-refractivity contribution in [3.8, 4) is 0 Å². The van der Waals surface area contributed by atoms with E-state index in [9.17, 15) is 4.79 Å². The van der Waals surface area contributed by atoms with Crippen molar-refractivity contribution in [3.05, 3.63) is 11.8 Å². The molecule has 0 spiro atoms. The first-order chi connectivity index (χ1) is 9.06. The number of rotatable bonds is 4. The lowest BCUT2D eigenvalue weighted by Gasteiger charge is -2.15. The molecule has 0 bridgehead atoms. The fourth-order valence-corrected chi connectivity index (χ4v) is 2.53. The zero-order valence-electron chi connectivity index (χ0n) is 11.9. The van der Waals surface area contributed by atoms with Gasteiger partial charge in [-0.2, -0.15) is 0 Å². The van der Waals surface area contributed by atoms with E-state index in [2.05, 4.69) is 22.7 Å². The van der Waals surface area contributed by atoms with E-state index in [1.165, 1.54) is 19.3 Å². The largest absolute Gasteiger partial charge is 0.359 e. The molecule has 1 saturated carbocycles. The van der Waals surface area contributed by atoms with Gasteiger partial charge in [0.1, 0.15) is 5.76 Å². The lowest BCUT2D eigenvalue weighted by molar-refractivity contribution is 0.248. The van der Waals surface area contributed by atoms with Crippen molar-refractivity contribution in [2.45, 2.75) is 46.0 Å². The number of hydrogen-bond acceptors (Lipinski definition) is 3. The van der Waals surface area contributed by atoms with Crippen molar-refractivity contribution in [2.75, 3.05) is 11.9 Å². The molecule has 1 heterocycles. The normalized spacial score (nSPS) is 22.7. The van der Waals surface area contributed by atoms with Crippen molar-refractivity contribution < 1.29 is 9.32 Å². The van der Waals surface area contributed by atoms with E-state index >= 15 is 0 Å². The maximum atomic E-state index is 11.8. The van der Waals surface area contributed by atoms with Gasteiger partial charge in [0.15, 0.2) is 5.82 Å². The molecule has 2 N–H and O–H groups in total. The van der Waals surface area contributed by atoms with Gasteiger partial charge in [-0.3, -0.25) is 5.32 Å². The summed E-state index contributed by atoms with van der Waals surface area (Å²) in [6.45, 7) is 7.03. The highest BCUT2D eigenvalue weighted by Gasteiger charge is 2.23. The molecular weight excluding hydrogens is 242 g/mol. The summed E-state index contributed by atoms with van der Waals surface area (Å²) in [6.07, 6.45) is 3.76. The van der Waals surface area contributed by atoms with Gasteiger partial charge in [0.05, 0.1) is 0 Å². The van der Waals surface area contributed by atoms with E-state index in [0.29, 0.717) is 17.7 Å². The second-order valence-corrected chi connectivity index (χ2v) is 5.77. The summed E-state index contributed by atoms with van der Waals surface area (Å²) in [4.78, 5) is 11.8. The van der Waals surface area contributed by atoms with Gasteiger partial charge >= 0.3 is 6.03 Å². The van der Waals surface area contributed by atoms with E-state index in [-0.39, 0.29) is 11.9 Å². The lowest BCUT2D eigenvalue weighted by Crippen LogP contribution is -2.33. The number of hydrogen-bond donors (Lipinski definition) is 2. The van der Waals surface area contributed by atoms with Crippen molar-refractivity contribution in [1.82, 2.24) is 10.5 Å². The Morgan fingerprint density at radius 3 is 2.89 bits per heavy atom. The minimum atomic E-state index is -0.206. The van der Waals surface area contributed by atoms with Crippen LogP contribution in [-0.2, 0) is 0 Å². The summed E-state index contributed by atoms with van der Waals surface area (Å²) < 4.78 is 5.13. The molecular formula is C14H23N3O2.